The summed E-state index contributed by atoms with van der Waals surface area (Å²) in [6, 6.07) is 2.22. The molecule has 0 aromatic carbocycles. The normalized spacial score (nSPS) is 12.8. The second-order valence-corrected chi connectivity index (χ2v) is 3.05. The monoisotopic (exact) mass is 179 g/mol. The molecule has 1 atom stereocenters. The van der Waals surface area contributed by atoms with Crippen LogP contribution < -0.4 is 5.32 Å². The van der Waals surface area contributed by atoms with E-state index in [4.69, 9.17) is 0 Å². The van der Waals surface area contributed by atoms with Crippen molar-refractivity contribution < 1.29 is 0 Å². The lowest BCUT2D eigenvalue weighted by Crippen LogP contribution is -2.22. The summed E-state index contributed by atoms with van der Waals surface area (Å²) < 4.78 is 1.87. The maximum atomic E-state index is 4.12. The Balaban J connectivity index is 2.66. The van der Waals surface area contributed by atoms with Crippen molar-refractivity contribution in [2.45, 2.75) is 19.4 Å². The molecule has 1 rings (SSSR count). The van der Waals surface area contributed by atoms with Gasteiger partial charge in [-0.25, -0.2) is 0 Å². The lowest BCUT2D eigenvalue weighted by Gasteiger charge is -2.14. The molecule has 0 bridgehead atoms. The molecule has 13 heavy (non-hydrogen) atoms. The van der Waals surface area contributed by atoms with E-state index in [1.165, 1.54) is 0 Å². The molecule has 0 aliphatic rings. The van der Waals surface area contributed by atoms with Crippen LogP contribution in [0.25, 0.3) is 0 Å². The van der Waals surface area contributed by atoms with Crippen molar-refractivity contribution in [3.8, 4) is 0 Å². The highest BCUT2D eigenvalue weighted by Crippen LogP contribution is 2.11. The minimum atomic E-state index is 0.215. The zero-order valence-electron chi connectivity index (χ0n) is 8.33. The molecular formula is C10H17N3. The zero-order chi connectivity index (χ0) is 9.68. The second-order valence-electron chi connectivity index (χ2n) is 3.05. The van der Waals surface area contributed by atoms with Crippen LogP contribution in [0.4, 0.5) is 0 Å². The molecule has 0 aliphatic heterocycles. The SMILES string of the molecule is C=CC(NCCC)c1ccnn1C. The molecule has 1 aromatic heterocycles. The van der Waals surface area contributed by atoms with Gasteiger partial charge >= 0.3 is 0 Å². The zero-order valence-corrected chi connectivity index (χ0v) is 8.33. The Morgan fingerprint density at radius 2 is 2.54 bits per heavy atom. The standard InChI is InChI=1S/C10H17N3/c1-4-7-11-9(5-2)10-6-8-12-13(10)3/h5-6,8-9,11H,2,4,7H2,1,3H3. The summed E-state index contributed by atoms with van der Waals surface area (Å²) in [6.07, 6.45) is 4.84. The maximum absolute atomic E-state index is 4.12. The minimum absolute atomic E-state index is 0.215. The summed E-state index contributed by atoms with van der Waals surface area (Å²) >= 11 is 0. The van der Waals surface area contributed by atoms with Gasteiger partial charge in [-0.3, -0.25) is 4.68 Å². The van der Waals surface area contributed by atoms with Crippen molar-refractivity contribution >= 4 is 0 Å². The molecule has 3 heteroatoms. The number of aromatic nitrogens is 2. The fraction of sp³-hybridized carbons (Fsp3) is 0.500. The second kappa shape index (κ2) is 4.82. The highest BCUT2D eigenvalue weighted by atomic mass is 15.3. The van der Waals surface area contributed by atoms with Crippen LogP contribution in [0.3, 0.4) is 0 Å². The Labute approximate surface area is 79.5 Å². The maximum Gasteiger partial charge on any atom is 0.0675 e. The fourth-order valence-corrected chi connectivity index (χ4v) is 1.30. The van der Waals surface area contributed by atoms with E-state index in [2.05, 4.69) is 23.9 Å². The molecule has 0 amide bonds. The van der Waals surface area contributed by atoms with Crippen LogP contribution in [0.2, 0.25) is 0 Å². The molecule has 0 saturated heterocycles. The number of nitrogens with one attached hydrogen (secondary N) is 1. The summed E-state index contributed by atoms with van der Waals surface area (Å²) in [5, 5.41) is 7.51. The van der Waals surface area contributed by atoms with Crippen molar-refractivity contribution in [3.05, 3.63) is 30.6 Å². The van der Waals surface area contributed by atoms with E-state index >= 15 is 0 Å². The Hall–Kier alpha value is -1.09. The van der Waals surface area contributed by atoms with Gasteiger partial charge in [-0.1, -0.05) is 13.0 Å². The van der Waals surface area contributed by atoms with Crippen molar-refractivity contribution in [1.82, 2.24) is 15.1 Å². The third-order valence-corrected chi connectivity index (χ3v) is 2.03. The predicted molar refractivity (Wildman–Crippen MR) is 54.4 cm³/mol. The Kier molecular flexibility index (Phi) is 3.71. The van der Waals surface area contributed by atoms with Crippen LogP contribution in [0.15, 0.2) is 24.9 Å². The Morgan fingerprint density at radius 3 is 3.00 bits per heavy atom. The molecule has 0 aliphatic carbocycles. The first-order valence-corrected chi connectivity index (χ1v) is 4.63. The van der Waals surface area contributed by atoms with Crippen LogP contribution in [-0.2, 0) is 7.05 Å². The van der Waals surface area contributed by atoms with Crippen molar-refractivity contribution in [1.29, 1.82) is 0 Å². The van der Waals surface area contributed by atoms with E-state index in [1.807, 2.05) is 23.9 Å². The number of hydrogen-bond donors (Lipinski definition) is 1. The van der Waals surface area contributed by atoms with Gasteiger partial charge in [0.1, 0.15) is 0 Å². The first-order chi connectivity index (χ1) is 6.29. The van der Waals surface area contributed by atoms with Gasteiger partial charge in [0.25, 0.3) is 0 Å². The molecule has 1 aromatic rings. The average molecular weight is 179 g/mol. The molecule has 72 valence electrons. The first kappa shape index (κ1) is 9.99. The van der Waals surface area contributed by atoms with Crippen LogP contribution in [0.1, 0.15) is 25.1 Å². The summed E-state index contributed by atoms with van der Waals surface area (Å²) in [6.45, 7) is 6.96. The first-order valence-electron chi connectivity index (χ1n) is 4.63. The van der Waals surface area contributed by atoms with Crippen LogP contribution in [0.5, 0.6) is 0 Å². The summed E-state index contributed by atoms with van der Waals surface area (Å²) in [5.41, 5.74) is 1.16. The third-order valence-electron chi connectivity index (χ3n) is 2.03. The summed E-state index contributed by atoms with van der Waals surface area (Å²) in [7, 11) is 1.94. The molecule has 0 fully saturated rings. The van der Waals surface area contributed by atoms with E-state index in [1.54, 1.807) is 6.20 Å². The summed E-state index contributed by atoms with van der Waals surface area (Å²) in [5.74, 6) is 0. The van der Waals surface area contributed by atoms with Gasteiger partial charge < -0.3 is 5.32 Å². The van der Waals surface area contributed by atoms with Crippen LogP contribution >= 0.6 is 0 Å². The quantitative estimate of drug-likeness (QED) is 0.696. The van der Waals surface area contributed by atoms with Crippen molar-refractivity contribution in [2.24, 2.45) is 7.05 Å². The molecular weight excluding hydrogens is 162 g/mol. The smallest absolute Gasteiger partial charge is 0.0675 e. The van der Waals surface area contributed by atoms with Crippen LogP contribution in [-0.4, -0.2) is 16.3 Å². The van der Waals surface area contributed by atoms with Crippen LogP contribution in [0, 0.1) is 0 Å². The molecule has 0 radical (unpaired) electrons. The number of aryl methyl sites for hydroxylation is 1. The van der Waals surface area contributed by atoms with E-state index in [9.17, 15) is 0 Å². The van der Waals surface area contributed by atoms with Crippen molar-refractivity contribution in [2.75, 3.05) is 6.54 Å². The van der Waals surface area contributed by atoms with E-state index in [0.717, 1.165) is 18.7 Å². The largest absolute Gasteiger partial charge is 0.305 e. The minimum Gasteiger partial charge on any atom is -0.305 e. The van der Waals surface area contributed by atoms with Gasteiger partial charge in [0.05, 0.1) is 11.7 Å². The van der Waals surface area contributed by atoms with E-state index < -0.39 is 0 Å². The lowest BCUT2D eigenvalue weighted by atomic mass is 10.2. The molecule has 1 N–H and O–H groups in total. The number of hydrogen-bond acceptors (Lipinski definition) is 2. The van der Waals surface area contributed by atoms with E-state index in [0.29, 0.717) is 0 Å². The van der Waals surface area contributed by atoms with Gasteiger partial charge in [0.2, 0.25) is 0 Å². The van der Waals surface area contributed by atoms with Gasteiger partial charge in [0, 0.05) is 13.2 Å². The highest BCUT2D eigenvalue weighted by molar-refractivity contribution is 5.12. The molecule has 1 unspecified atom stereocenters. The Morgan fingerprint density at radius 1 is 1.77 bits per heavy atom. The third kappa shape index (κ3) is 2.42. The average Bonchev–Trinajstić information content (AvgIpc) is 2.54. The topological polar surface area (TPSA) is 29.9 Å². The number of rotatable bonds is 5. The van der Waals surface area contributed by atoms with Gasteiger partial charge in [-0.15, -0.1) is 6.58 Å². The molecule has 3 nitrogen and oxygen atoms in total. The fourth-order valence-electron chi connectivity index (χ4n) is 1.30. The highest BCUT2D eigenvalue weighted by Gasteiger charge is 2.08. The summed E-state index contributed by atoms with van der Waals surface area (Å²) in [4.78, 5) is 0. The lowest BCUT2D eigenvalue weighted by molar-refractivity contribution is 0.566. The van der Waals surface area contributed by atoms with Gasteiger partial charge in [0.15, 0.2) is 0 Å². The Bertz CT molecular complexity index is 265. The van der Waals surface area contributed by atoms with E-state index in [-0.39, 0.29) is 6.04 Å². The molecule has 0 spiro atoms. The van der Waals surface area contributed by atoms with Gasteiger partial charge in [-0.05, 0) is 19.0 Å². The number of nitrogens with zero attached hydrogens (tertiary/aromatic N) is 2. The molecule has 1 heterocycles. The van der Waals surface area contributed by atoms with Crippen molar-refractivity contribution in [3.63, 3.8) is 0 Å². The predicted octanol–water partition coefficient (Wildman–Crippen LogP) is 1.65. The molecule has 0 saturated carbocycles. The van der Waals surface area contributed by atoms with Gasteiger partial charge in [-0.2, -0.15) is 5.10 Å².